The van der Waals surface area contributed by atoms with Crippen LogP contribution >= 0.6 is 0 Å². The summed E-state index contributed by atoms with van der Waals surface area (Å²) in [5.74, 6) is 2.02. The van der Waals surface area contributed by atoms with Gasteiger partial charge in [-0.25, -0.2) is 0 Å². The normalized spacial score (nSPS) is 39.1. The van der Waals surface area contributed by atoms with Crippen molar-refractivity contribution in [1.29, 1.82) is 0 Å². The molecule has 3 nitrogen and oxygen atoms in total. The lowest BCUT2D eigenvalue weighted by Crippen LogP contribution is -2.48. The van der Waals surface area contributed by atoms with Crippen LogP contribution in [0.5, 0.6) is 0 Å². The van der Waals surface area contributed by atoms with E-state index in [2.05, 4.69) is 31.0 Å². The quantitative estimate of drug-likeness (QED) is 0.756. The molecular formula is C14H26N2O. The van der Waals surface area contributed by atoms with Crippen molar-refractivity contribution in [3.63, 3.8) is 0 Å². The molecule has 2 fully saturated rings. The van der Waals surface area contributed by atoms with Crippen LogP contribution in [0.25, 0.3) is 0 Å². The average Bonchev–Trinajstić information content (AvgIpc) is 2.26. The number of hydrogen-bond donors (Lipinski definition) is 1. The Morgan fingerprint density at radius 2 is 1.76 bits per heavy atom. The molecule has 3 heteroatoms. The third-order valence-electron chi connectivity index (χ3n) is 4.15. The Balaban J connectivity index is 1.94. The fourth-order valence-corrected chi connectivity index (χ4v) is 3.46. The highest BCUT2D eigenvalue weighted by molar-refractivity contribution is 5.79. The molecule has 1 amide bonds. The van der Waals surface area contributed by atoms with E-state index < -0.39 is 0 Å². The summed E-state index contributed by atoms with van der Waals surface area (Å²) in [6, 6.07) is 0.498. The van der Waals surface area contributed by atoms with Crippen molar-refractivity contribution >= 4 is 5.91 Å². The van der Waals surface area contributed by atoms with Gasteiger partial charge in [0, 0.05) is 25.0 Å². The van der Waals surface area contributed by atoms with Gasteiger partial charge < -0.3 is 10.2 Å². The predicted octanol–water partition coefficient (Wildman–Crippen LogP) is 1.88. The molecule has 2 unspecified atom stereocenters. The molecule has 98 valence electrons. The van der Waals surface area contributed by atoms with E-state index in [1.807, 2.05) is 0 Å². The van der Waals surface area contributed by atoms with Crippen LogP contribution in [0.3, 0.4) is 0 Å². The van der Waals surface area contributed by atoms with Crippen LogP contribution in [0, 0.1) is 17.8 Å². The molecule has 2 saturated heterocycles. The van der Waals surface area contributed by atoms with Crippen LogP contribution in [0.1, 0.15) is 40.0 Å². The average molecular weight is 238 g/mol. The van der Waals surface area contributed by atoms with Gasteiger partial charge in [0.2, 0.25) is 5.91 Å². The van der Waals surface area contributed by atoms with Crippen LogP contribution in [0.4, 0.5) is 0 Å². The molecule has 0 spiro atoms. The predicted molar refractivity (Wildman–Crippen MR) is 69.7 cm³/mol. The number of rotatable bonds is 1. The molecule has 4 atom stereocenters. The van der Waals surface area contributed by atoms with E-state index in [-0.39, 0.29) is 5.92 Å². The van der Waals surface area contributed by atoms with Crippen molar-refractivity contribution in [2.24, 2.45) is 17.8 Å². The van der Waals surface area contributed by atoms with Crippen molar-refractivity contribution in [3.8, 4) is 0 Å². The number of carbonyl (C=O) groups excluding carboxylic acids is 1. The molecule has 2 aliphatic rings. The number of nitrogens with zero attached hydrogens (tertiary/aromatic N) is 1. The smallest absolute Gasteiger partial charge is 0.225 e. The SMILES string of the molecule is CC1CC(C)CN(C(=O)[C@H]2CCN[C@@H](C)C2)C1. The van der Waals surface area contributed by atoms with Crippen molar-refractivity contribution in [3.05, 3.63) is 0 Å². The number of piperidine rings is 2. The first-order chi connectivity index (χ1) is 8.06. The van der Waals surface area contributed by atoms with Gasteiger partial charge in [-0.05, 0) is 44.6 Å². The van der Waals surface area contributed by atoms with Gasteiger partial charge in [-0.2, -0.15) is 0 Å². The van der Waals surface area contributed by atoms with Crippen molar-refractivity contribution < 1.29 is 4.79 Å². The zero-order valence-electron chi connectivity index (χ0n) is 11.4. The summed E-state index contributed by atoms with van der Waals surface area (Å²) in [5.41, 5.74) is 0. The Hall–Kier alpha value is -0.570. The molecule has 0 aromatic carbocycles. The highest BCUT2D eigenvalue weighted by Gasteiger charge is 2.32. The maximum atomic E-state index is 12.5. The van der Waals surface area contributed by atoms with Crippen LogP contribution < -0.4 is 5.32 Å². The topological polar surface area (TPSA) is 32.3 Å². The lowest BCUT2D eigenvalue weighted by Gasteiger charge is -2.38. The minimum atomic E-state index is 0.267. The standard InChI is InChI=1S/C14H26N2O/c1-10-6-11(2)9-16(8-10)14(17)13-4-5-15-12(3)7-13/h10-13,15H,4-9H2,1-3H3/t10?,11?,12-,13-/m0/s1. The number of likely N-dealkylation sites (tertiary alicyclic amines) is 1. The molecule has 0 aromatic heterocycles. The summed E-state index contributed by atoms with van der Waals surface area (Å²) < 4.78 is 0. The first kappa shape index (κ1) is 12.9. The van der Waals surface area contributed by atoms with E-state index in [4.69, 9.17) is 0 Å². The Morgan fingerprint density at radius 1 is 1.12 bits per heavy atom. The van der Waals surface area contributed by atoms with Crippen molar-refractivity contribution in [2.75, 3.05) is 19.6 Å². The van der Waals surface area contributed by atoms with E-state index in [0.29, 0.717) is 23.8 Å². The largest absolute Gasteiger partial charge is 0.342 e. The van der Waals surface area contributed by atoms with E-state index in [9.17, 15) is 4.79 Å². The highest BCUT2D eigenvalue weighted by atomic mass is 16.2. The molecule has 1 N–H and O–H groups in total. The van der Waals surface area contributed by atoms with Gasteiger partial charge in [-0.1, -0.05) is 13.8 Å². The van der Waals surface area contributed by atoms with Crippen LogP contribution in [-0.4, -0.2) is 36.5 Å². The Morgan fingerprint density at radius 3 is 2.35 bits per heavy atom. The molecule has 2 rings (SSSR count). The molecule has 0 radical (unpaired) electrons. The minimum Gasteiger partial charge on any atom is -0.342 e. The zero-order valence-corrected chi connectivity index (χ0v) is 11.4. The minimum absolute atomic E-state index is 0.267. The van der Waals surface area contributed by atoms with E-state index in [0.717, 1.165) is 32.5 Å². The number of hydrogen-bond acceptors (Lipinski definition) is 2. The lowest BCUT2D eigenvalue weighted by atomic mass is 9.88. The second kappa shape index (κ2) is 5.38. The third-order valence-corrected chi connectivity index (χ3v) is 4.15. The molecule has 17 heavy (non-hydrogen) atoms. The molecule has 0 saturated carbocycles. The lowest BCUT2D eigenvalue weighted by molar-refractivity contribution is -0.139. The number of carbonyl (C=O) groups is 1. The Labute approximate surface area is 105 Å². The van der Waals surface area contributed by atoms with Gasteiger partial charge in [0.15, 0.2) is 0 Å². The van der Waals surface area contributed by atoms with Gasteiger partial charge >= 0.3 is 0 Å². The zero-order chi connectivity index (χ0) is 12.4. The molecular weight excluding hydrogens is 212 g/mol. The molecule has 0 aliphatic carbocycles. The molecule has 0 aromatic rings. The van der Waals surface area contributed by atoms with E-state index >= 15 is 0 Å². The third kappa shape index (κ3) is 3.21. The Bertz CT molecular complexity index is 269. The number of amides is 1. The van der Waals surface area contributed by atoms with Gasteiger partial charge in [0.25, 0.3) is 0 Å². The van der Waals surface area contributed by atoms with Crippen LogP contribution in [0.2, 0.25) is 0 Å². The monoisotopic (exact) mass is 238 g/mol. The van der Waals surface area contributed by atoms with Gasteiger partial charge in [-0.3, -0.25) is 4.79 Å². The second-order valence-corrected chi connectivity index (χ2v) is 6.27. The maximum Gasteiger partial charge on any atom is 0.225 e. The summed E-state index contributed by atoms with van der Waals surface area (Å²) >= 11 is 0. The second-order valence-electron chi connectivity index (χ2n) is 6.27. The maximum absolute atomic E-state index is 12.5. The summed E-state index contributed by atoms with van der Waals surface area (Å²) in [4.78, 5) is 14.6. The summed E-state index contributed by atoms with van der Waals surface area (Å²) in [6.07, 6.45) is 3.30. The van der Waals surface area contributed by atoms with Gasteiger partial charge in [0.05, 0.1) is 0 Å². The van der Waals surface area contributed by atoms with Crippen molar-refractivity contribution in [1.82, 2.24) is 10.2 Å². The molecule has 2 heterocycles. The molecule has 0 bridgehead atoms. The summed E-state index contributed by atoms with van der Waals surface area (Å²) in [5, 5.41) is 3.42. The highest BCUT2D eigenvalue weighted by Crippen LogP contribution is 2.25. The number of nitrogens with one attached hydrogen (secondary N) is 1. The van der Waals surface area contributed by atoms with Crippen LogP contribution in [0.15, 0.2) is 0 Å². The first-order valence-corrected chi connectivity index (χ1v) is 7.08. The first-order valence-electron chi connectivity index (χ1n) is 7.08. The summed E-state index contributed by atoms with van der Waals surface area (Å²) in [6.45, 7) is 9.66. The molecule has 2 aliphatic heterocycles. The van der Waals surface area contributed by atoms with Crippen LogP contribution in [-0.2, 0) is 4.79 Å². The fraction of sp³-hybridized carbons (Fsp3) is 0.929. The fourth-order valence-electron chi connectivity index (χ4n) is 3.46. The van der Waals surface area contributed by atoms with Gasteiger partial charge in [-0.15, -0.1) is 0 Å². The van der Waals surface area contributed by atoms with E-state index in [1.54, 1.807) is 0 Å². The van der Waals surface area contributed by atoms with Gasteiger partial charge in [0.1, 0.15) is 0 Å². The van der Waals surface area contributed by atoms with Crippen molar-refractivity contribution in [2.45, 2.75) is 46.1 Å². The summed E-state index contributed by atoms with van der Waals surface area (Å²) in [7, 11) is 0. The van der Waals surface area contributed by atoms with E-state index in [1.165, 1.54) is 6.42 Å². The Kier molecular flexibility index (Phi) is 4.08.